The molecule has 0 aromatic carbocycles. The Bertz CT molecular complexity index is 738. The largest absolute Gasteiger partial charge is 0.433 e. The quantitative estimate of drug-likeness (QED) is 0.783. The highest BCUT2D eigenvalue weighted by Crippen LogP contribution is 2.44. The summed E-state index contributed by atoms with van der Waals surface area (Å²) in [6.45, 7) is 1.86. The van der Waals surface area contributed by atoms with E-state index in [1.807, 2.05) is 4.90 Å². The zero-order chi connectivity index (χ0) is 16.8. The fraction of sp³-hybridized carbons (Fsp3) is 0.500. The van der Waals surface area contributed by atoms with Gasteiger partial charge in [-0.1, -0.05) is 0 Å². The van der Waals surface area contributed by atoms with Crippen LogP contribution < -0.4 is 4.90 Å². The minimum absolute atomic E-state index is 0.141. The zero-order valence-corrected chi connectivity index (χ0v) is 13.7. The Balaban J connectivity index is 1.54. The summed E-state index contributed by atoms with van der Waals surface area (Å²) in [5.74, 6) is 0.141. The highest BCUT2D eigenvalue weighted by Gasteiger charge is 2.42. The SMILES string of the molecule is FC(F)(F)c1ccnc(N2CCC3(CC2)OCCc2ccsc23)n1. The molecule has 2 aliphatic heterocycles. The number of hydrogen-bond acceptors (Lipinski definition) is 5. The maximum atomic E-state index is 12.8. The van der Waals surface area contributed by atoms with Gasteiger partial charge in [0.2, 0.25) is 5.95 Å². The topological polar surface area (TPSA) is 38.2 Å². The van der Waals surface area contributed by atoms with Crippen LogP contribution >= 0.6 is 11.3 Å². The van der Waals surface area contributed by atoms with Crippen LogP contribution in [0.15, 0.2) is 23.7 Å². The van der Waals surface area contributed by atoms with E-state index >= 15 is 0 Å². The van der Waals surface area contributed by atoms with E-state index in [2.05, 4.69) is 21.4 Å². The number of aromatic nitrogens is 2. The smallest absolute Gasteiger partial charge is 0.369 e. The van der Waals surface area contributed by atoms with Crippen LogP contribution in [-0.4, -0.2) is 29.7 Å². The number of rotatable bonds is 1. The van der Waals surface area contributed by atoms with Crippen molar-refractivity contribution in [2.75, 3.05) is 24.6 Å². The van der Waals surface area contributed by atoms with E-state index in [9.17, 15) is 13.2 Å². The third kappa shape index (κ3) is 2.67. The average molecular weight is 355 g/mol. The van der Waals surface area contributed by atoms with Gasteiger partial charge in [-0.3, -0.25) is 0 Å². The Kier molecular flexibility index (Phi) is 3.76. The lowest BCUT2D eigenvalue weighted by Gasteiger charge is -2.43. The third-order valence-electron chi connectivity index (χ3n) is 4.70. The Morgan fingerprint density at radius 1 is 1.21 bits per heavy atom. The first-order valence-electron chi connectivity index (χ1n) is 7.84. The molecule has 4 heterocycles. The first-order valence-corrected chi connectivity index (χ1v) is 8.72. The number of anilines is 1. The van der Waals surface area contributed by atoms with Gasteiger partial charge in [0.25, 0.3) is 0 Å². The summed E-state index contributed by atoms with van der Waals surface area (Å²) >= 11 is 1.71. The Labute approximate surface area is 141 Å². The molecule has 2 aliphatic rings. The second kappa shape index (κ2) is 5.70. The lowest BCUT2D eigenvalue weighted by molar-refractivity contribution is -0.141. The molecule has 128 valence electrons. The molecule has 0 N–H and O–H groups in total. The second-order valence-electron chi connectivity index (χ2n) is 6.09. The van der Waals surface area contributed by atoms with Gasteiger partial charge in [0, 0.05) is 24.2 Å². The molecule has 24 heavy (non-hydrogen) atoms. The Hall–Kier alpha value is -1.67. The van der Waals surface area contributed by atoms with Gasteiger partial charge >= 0.3 is 6.18 Å². The van der Waals surface area contributed by atoms with Crippen molar-refractivity contribution in [3.63, 3.8) is 0 Å². The van der Waals surface area contributed by atoms with Gasteiger partial charge in [-0.05, 0) is 42.3 Å². The number of alkyl halides is 3. The van der Waals surface area contributed by atoms with Crippen LogP contribution in [0.2, 0.25) is 0 Å². The number of halogens is 3. The molecular formula is C16H16F3N3OS. The highest BCUT2D eigenvalue weighted by molar-refractivity contribution is 7.10. The minimum Gasteiger partial charge on any atom is -0.369 e. The molecule has 4 nitrogen and oxygen atoms in total. The third-order valence-corrected chi connectivity index (χ3v) is 5.84. The lowest BCUT2D eigenvalue weighted by Crippen LogP contribution is -2.46. The number of nitrogens with zero attached hydrogens (tertiary/aromatic N) is 3. The standard InChI is InChI=1S/C16H16F3N3OS/c17-16(18,19)12-1-6-20-14(21-12)22-7-4-15(5-8-22)13-11(2-9-23-15)3-10-24-13/h1,3,6,10H,2,4-5,7-9H2. The van der Waals surface area contributed by atoms with Gasteiger partial charge < -0.3 is 9.64 Å². The fourth-order valence-corrected chi connectivity index (χ4v) is 4.62. The fourth-order valence-electron chi connectivity index (χ4n) is 3.45. The van der Waals surface area contributed by atoms with Gasteiger partial charge in [-0.2, -0.15) is 13.2 Å². The van der Waals surface area contributed by atoms with Crippen LogP contribution in [0.4, 0.5) is 19.1 Å². The second-order valence-corrected chi connectivity index (χ2v) is 7.01. The number of piperidine rings is 1. The lowest BCUT2D eigenvalue weighted by atomic mass is 9.85. The minimum atomic E-state index is -4.45. The van der Waals surface area contributed by atoms with Crippen molar-refractivity contribution in [3.05, 3.63) is 39.8 Å². The van der Waals surface area contributed by atoms with Gasteiger partial charge in [-0.15, -0.1) is 11.3 Å². The van der Waals surface area contributed by atoms with Crippen molar-refractivity contribution in [2.24, 2.45) is 0 Å². The Morgan fingerprint density at radius 3 is 2.75 bits per heavy atom. The van der Waals surface area contributed by atoms with Gasteiger partial charge in [0.15, 0.2) is 0 Å². The van der Waals surface area contributed by atoms with Crippen LogP contribution in [-0.2, 0) is 22.9 Å². The summed E-state index contributed by atoms with van der Waals surface area (Å²) in [4.78, 5) is 10.8. The molecule has 0 bridgehead atoms. The molecule has 0 saturated carbocycles. The summed E-state index contributed by atoms with van der Waals surface area (Å²) in [5.41, 5.74) is 0.150. The molecule has 0 radical (unpaired) electrons. The van der Waals surface area contributed by atoms with Gasteiger partial charge in [0.1, 0.15) is 11.3 Å². The van der Waals surface area contributed by atoms with E-state index < -0.39 is 11.9 Å². The van der Waals surface area contributed by atoms with Crippen molar-refractivity contribution in [1.29, 1.82) is 0 Å². The van der Waals surface area contributed by atoms with Gasteiger partial charge in [-0.25, -0.2) is 9.97 Å². The van der Waals surface area contributed by atoms with Crippen molar-refractivity contribution in [3.8, 4) is 0 Å². The number of fused-ring (bicyclic) bond motifs is 2. The number of thiophene rings is 1. The molecule has 4 rings (SSSR count). The predicted octanol–water partition coefficient (Wildman–Crippen LogP) is 3.63. The Morgan fingerprint density at radius 2 is 2.00 bits per heavy atom. The first-order chi connectivity index (χ1) is 11.5. The molecule has 1 fully saturated rings. The average Bonchev–Trinajstić information content (AvgIpc) is 3.05. The molecule has 0 aliphatic carbocycles. The van der Waals surface area contributed by atoms with Gasteiger partial charge in [0.05, 0.1) is 6.61 Å². The summed E-state index contributed by atoms with van der Waals surface area (Å²) < 4.78 is 44.6. The maximum absolute atomic E-state index is 12.8. The number of ether oxygens (including phenoxy) is 1. The van der Waals surface area contributed by atoms with Crippen LogP contribution in [0.3, 0.4) is 0 Å². The molecule has 2 aromatic rings. The summed E-state index contributed by atoms with van der Waals surface area (Å²) in [6, 6.07) is 3.05. The van der Waals surface area contributed by atoms with E-state index in [-0.39, 0.29) is 11.5 Å². The summed E-state index contributed by atoms with van der Waals surface area (Å²) in [5, 5.41) is 2.09. The van der Waals surface area contributed by atoms with Crippen molar-refractivity contribution < 1.29 is 17.9 Å². The first kappa shape index (κ1) is 15.8. The molecule has 0 unspecified atom stereocenters. The summed E-state index contributed by atoms with van der Waals surface area (Å²) in [7, 11) is 0. The van der Waals surface area contributed by atoms with Crippen LogP contribution in [0.1, 0.15) is 29.0 Å². The monoisotopic (exact) mass is 355 g/mol. The molecule has 8 heteroatoms. The van der Waals surface area contributed by atoms with E-state index in [0.717, 1.165) is 25.3 Å². The molecule has 1 saturated heterocycles. The highest BCUT2D eigenvalue weighted by atomic mass is 32.1. The van der Waals surface area contributed by atoms with E-state index in [4.69, 9.17) is 4.74 Å². The molecule has 2 aromatic heterocycles. The van der Waals surface area contributed by atoms with Crippen molar-refractivity contribution in [2.45, 2.75) is 31.0 Å². The summed E-state index contributed by atoms with van der Waals surface area (Å²) in [6.07, 6.45) is -0.877. The van der Waals surface area contributed by atoms with E-state index in [1.165, 1.54) is 16.6 Å². The molecule has 1 spiro atoms. The van der Waals surface area contributed by atoms with Crippen molar-refractivity contribution in [1.82, 2.24) is 9.97 Å². The van der Waals surface area contributed by atoms with E-state index in [0.29, 0.717) is 19.7 Å². The predicted molar refractivity (Wildman–Crippen MR) is 84.1 cm³/mol. The van der Waals surface area contributed by atoms with Crippen LogP contribution in [0, 0.1) is 0 Å². The molecule has 0 amide bonds. The van der Waals surface area contributed by atoms with Crippen LogP contribution in [0.25, 0.3) is 0 Å². The normalized spacial score (nSPS) is 20.2. The number of hydrogen-bond donors (Lipinski definition) is 0. The van der Waals surface area contributed by atoms with Crippen LogP contribution in [0.5, 0.6) is 0 Å². The molecule has 0 atom stereocenters. The maximum Gasteiger partial charge on any atom is 0.433 e. The zero-order valence-electron chi connectivity index (χ0n) is 12.8. The van der Waals surface area contributed by atoms with E-state index in [1.54, 1.807) is 11.3 Å². The van der Waals surface area contributed by atoms with Crippen molar-refractivity contribution >= 4 is 17.3 Å². The molecular weight excluding hydrogens is 339 g/mol.